The predicted molar refractivity (Wildman–Crippen MR) is 189 cm³/mol. The Morgan fingerprint density at radius 3 is 2.24 bits per heavy atom. The van der Waals surface area contributed by atoms with Gasteiger partial charge < -0.3 is 24.7 Å². The number of ketones is 1. The lowest BCUT2D eigenvalue weighted by atomic mass is 9.79. The van der Waals surface area contributed by atoms with Crippen LogP contribution in [0.5, 0.6) is 5.75 Å². The van der Waals surface area contributed by atoms with Crippen LogP contribution in [-0.2, 0) is 24.2 Å². The summed E-state index contributed by atoms with van der Waals surface area (Å²) in [7, 11) is 1.28. The van der Waals surface area contributed by atoms with Gasteiger partial charge in [0.1, 0.15) is 5.75 Å². The molecule has 3 atom stereocenters. The number of benzene rings is 3. The number of methoxy groups -OCH3 is 2. The van der Waals surface area contributed by atoms with Crippen LogP contribution in [0.15, 0.2) is 77.8 Å². The van der Waals surface area contributed by atoms with Crippen LogP contribution in [0.2, 0.25) is 0 Å². The fourth-order valence-corrected chi connectivity index (χ4v) is 8.43. The van der Waals surface area contributed by atoms with Crippen molar-refractivity contribution in [2.24, 2.45) is 11.8 Å². The Bertz CT molecular complexity index is 2000. The highest BCUT2D eigenvalue weighted by Crippen LogP contribution is 2.42. The van der Waals surface area contributed by atoms with Crippen molar-refractivity contribution in [3.8, 4) is 5.75 Å². The van der Waals surface area contributed by atoms with Crippen molar-refractivity contribution in [3.05, 3.63) is 95.2 Å². The second kappa shape index (κ2) is 15.3. The van der Waals surface area contributed by atoms with Crippen molar-refractivity contribution in [1.29, 1.82) is 0 Å². The van der Waals surface area contributed by atoms with E-state index < -0.39 is 38.7 Å². The molecule has 0 spiro atoms. The number of esters is 1. The largest absolute Gasteiger partial charge is 0.496 e. The van der Waals surface area contributed by atoms with Crippen molar-refractivity contribution in [1.82, 2.24) is 15.2 Å². The molecule has 1 aliphatic rings. The lowest BCUT2D eigenvalue weighted by Gasteiger charge is -2.28. The molecule has 3 aromatic carbocycles. The SMILES string of the molecule is COC(=O)C(C(=O)c1ccc(C(c2c[nH]c3ccc(C(=O)NCC4CCCC4)cc23)C(C)C(=O)N(C)C)c(OC)c1)S(=O)(=O)c1ccccc1. The third-order valence-electron chi connectivity index (χ3n) is 9.56. The minimum Gasteiger partial charge on any atom is -0.496 e. The number of nitrogens with zero attached hydrogens (tertiary/aromatic N) is 1. The summed E-state index contributed by atoms with van der Waals surface area (Å²) in [5.41, 5.74) is 2.43. The Kier molecular flexibility index (Phi) is 11.1. The quantitative estimate of drug-likeness (QED) is 0.110. The van der Waals surface area contributed by atoms with Gasteiger partial charge in [-0.15, -0.1) is 0 Å². The molecule has 1 heterocycles. The summed E-state index contributed by atoms with van der Waals surface area (Å²) in [5.74, 6) is -3.12. The number of ether oxygens (including phenoxy) is 2. The Balaban J connectivity index is 1.57. The van der Waals surface area contributed by atoms with Gasteiger partial charge in [0.25, 0.3) is 5.91 Å². The summed E-state index contributed by atoms with van der Waals surface area (Å²) < 4.78 is 37.6. The van der Waals surface area contributed by atoms with Crippen molar-refractivity contribution in [2.45, 2.75) is 48.7 Å². The van der Waals surface area contributed by atoms with E-state index in [0.29, 0.717) is 23.6 Å². The lowest BCUT2D eigenvalue weighted by Crippen LogP contribution is -2.39. The van der Waals surface area contributed by atoms with Crippen LogP contribution < -0.4 is 10.1 Å². The van der Waals surface area contributed by atoms with Gasteiger partial charge in [0.2, 0.25) is 11.2 Å². The lowest BCUT2D eigenvalue weighted by molar-refractivity contribution is -0.139. The molecule has 0 saturated heterocycles. The molecule has 12 heteroatoms. The van der Waals surface area contributed by atoms with Gasteiger partial charge in [-0.1, -0.05) is 50.1 Å². The number of Topliss-reactive ketones (excluding diaryl/α,β-unsaturated/α-hetero) is 1. The maximum Gasteiger partial charge on any atom is 0.332 e. The standard InChI is InChI=1S/C38H43N3O8S/c1-23(37(44)41(2)3)33(30-22-39-31-18-16-26(19-29(30)31)36(43)40-21-24-11-9-10-12-24)28-17-15-25(20-32(28)48-4)34(42)35(38(45)49-5)50(46,47)27-13-7-6-8-14-27/h6-8,13-20,22-24,33,35,39H,9-12,21H2,1-5H3,(H,40,43). The predicted octanol–water partition coefficient (Wildman–Crippen LogP) is 5.15. The van der Waals surface area contributed by atoms with Gasteiger partial charge in [0.05, 0.1) is 19.1 Å². The fraction of sp³-hybridized carbons (Fsp3) is 0.368. The number of carbonyl (C=O) groups excluding carboxylic acids is 4. The summed E-state index contributed by atoms with van der Waals surface area (Å²) >= 11 is 0. The third-order valence-corrected chi connectivity index (χ3v) is 11.5. The number of carbonyl (C=O) groups is 4. The van der Waals surface area contributed by atoms with Crippen LogP contribution in [0.1, 0.15) is 70.4 Å². The van der Waals surface area contributed by atoms with Gasteiger partial charge in [0, 0.05) is 66.3 Å². The monoisotopic (exact) mass is 701 g/mol. The Labute approximate surface area is 292 Å². The molecule has 1 saturated carbocycles. The first kappa shape index (κ1) is 36.3. The number of nitrogens with one attached hydrogen (secondary N) is 2. The minimum absolute atomic E-state index is 0.0917. The molecule has 11 nitrogen and oxygen atoms in total. The summed E-state index contributed by atoms with van der Waals surface area (Å²) in [6.45, 7) is 2.42. The zero-order chi connectivity index (χ0) is 36.2. The van der Waals surface area contributed by atoms with E-state index in [4.69, 9.17) is 9.47 Å². The molecule has 0 bridgehead atoms. The van der Waals surface area contributed by atoms with Crippen molar-refractivity contribution in [2.75, 3.05) is 34.9 Å². The topological polar surface area (TPSA) is 152 Å². The number of hydrogen-bond donors (Lipinski definition) is 2. The summed E-state index contributed by atoms with van der Waals surface area (Å²) in [6, 6.07) is 17.0. The molecule has 1 aliphatic carbocycles. The Morgan fingerprint density at radius 1 is 0.920 bits per heavy atom. The second-order valence-electron chi connectivity index (χ2n) is 12.9. The molecule has 3 unspecified atom stereocenters. The molecule has 1 aromatic heterocycles. The van der Waals surface area contributed by atoms with E-state index >= 15 is 0 Å². The highest BCUT2D eigenvalue weighted by atomic mass is 32.2. The van der Waals surface area contributed by atoms with Crippen LogP contribution in [0.4, 0.5) is 0 Å². The number of aromatic amines is 1. The number of H-pyrrole nitrogens is 1. The van der Waals surface area contributed by atoms with Crippen LogP contribution in [-0.4, -0.2) is 82.0 Å². The Morgan fingerprint density at radius 2 is 1.60 bits per heavy atom. The molecular formula is C38H43N3O8S. The number of amides is 2. The highest BCUT2D eigenvalue weighted by molar-refractivity contribution is 7.93. The molecule has 264 valence electrons. The van der Waals surface area contributed by atoms with E-state index in [9.17, 15) is 27.6 Å². The summed E-state index contributed by atoms with van der Waals surface area (Å²) in [5, 5.41) is 1.66. The number of sulfone groups is 1. The molecule has 50 heavy (non-hydrogen) atoms. The van der Waals surface area contributed by atoms with Gasteiger partial charge in [-0.3, -0.25) is 19.2 Å². The first-order chi connectivity index (χ1) is 23.9. The fourth-order valence-electron chi connectivity index (χ4n) is 6.85. The maximum atomic E-state index is 13.8. The molecule has 2 amide bonds. The second-order valence-corrected chi connectivity index (χ2v) is 15.0. The first-order valence-electron chi connectivity index (χ1n) is 16.6. The van der Waals surface area contributed by atoms with Gasteiger partial charge in [-0.25, -0.2) is 8.42 Å². The van der Waals surface area contributed by atoms with Crippen LogP contribution in [0.3, 0.4) is 0 Å². The van der Waals surface area contributed by atoms with Crippen LogP contribution >= 0.6 is 0 Å². The third kappa shape index (κ3) is 7.30. The molecular weight excluding hydrogens is 658 g/mol. The smallest absolute Gasteiger partial charge is 0.332 e. The van der Waals surface area contributed by atoms with E-state index in [1.54, 1.807) is 45.4 Å². The van der Waals surface area contributed by atoms with Gasteiger partial charge in [-0.2, -0.15) is 0 Å². The minimum atomic E-state index is -4.47. The highest BCUT2D eigenvalue weighted by Gasteiger charge is 2.42. The van der Waals surface area contributed by atoms with Crippen LogP contribution in [0.25, 0.3) is 10.9 Å². The zero-order valence-electron chi connectivity index (χ0n) is 28.9. The molecule has 0 radical (unpaired) electrons. The first-order valence-corrected chi connectivity index (χ1v) is 18.1. The molecule has 2 N–H and O–H groups in total. The van der Waals surface area contributed by atoms with Crippen molar-refractivity contribution >= 4 is 44.3 Å². The van der Waals surface area contributed by atoms with E-state index in [2.05, 4.69) is 10.3 Å². The normalized spacial score (nSPS) is 15.2. The van der Waals surface area contributed by atoms with E-state index in [1.807, 2.05) is 12.1 Å². The van der Waals surface area contributed by atoms with Crippen molar-refractivity contribution in [3.63, 3.8) is 0 Å². The number of hydrogen-bond acceptors (Lipinski definition) is 8. The molecule has 5 rings (SSSR count). The van der Waals surface area contributed by atoms with Crippen molar-refractivity contribution < 1.29 is 37.1 Å². The number of aromatic nitrogens is 1. The average molecular weight is 702 g/mol. The summed E-state index contributed by atoms with van der Waals surface area (Å²) in [6.07, 6.45) is 6.38. The molecule has 4 aromatic rings. The number of rotatable bonds is 13. The molecule has 1 fully saturated rings. The summed E-state index contributed by atoms with van der Waals surface area (Å²) in [4.78, 5) is 58.0. The van der Waals surface area contributed by atoms with Gasteiger partial charge in [-0.05, 0) is 60.7 Å². The van der Waals surface area contributed by atoms with E-state index in [0.717, 1.165) is 36.4 Å². The van der Waals surface area contributed by atoms with E-state index in [1.165, 1.54) is 61.2 Å². The van der Waals surface area contributed by atoms with Gasteiger partial charge >= 0.3 is 5.97 Å². The van der Waals surface area contributed by atoms with Crippen LogP contribution in [0, 0.1) is 11.8 Å². The van der Waals surface area contributed by atoms with Gasteiger partial charge in [0.15, 0.2) is 15.6 Å². The maximum absolute atomic E-state index is 13.8. The zero-order valence-corrected chi connectivity index (χ0v) is 29.7. The molecule has 0 aliphatic heterocycles. The average Bonchev–Trinajstić information content (AvgIpc) is 3.80. The number of fused-ring (bicyclic) bond motifs is 1. The van der Waals surface area contributed by atoms with E-state index in [-0.39, 0.29) is 28.0 Å². The Hall–Kier alpha value is -4.97.